The minimum absolute atomic E-state index is 0.254. The molecule has 1 heterocycles. The van der Waals surface area contributed by atoms with Crippen LogP contribution < -0.4 is 9.47 Å². The predicted molar refractivity (Wildman–Crippen MR) is 109 cm³/mol. The third-order valence-corrected chi connectivity index (χ3v) is 4.18. The van der Waals surface area contributed by atoms with Gasteiger partial charge in [0.05, 0.1) is 24.6 Å². The van der Waals surface area contributed by atoms with Crippen molar-refractivity contribution < 1.29 is 29.3 Å². The lowest BCUT2D eigenvalue weighted by molar-refractivity contribution is 0.0641. The molecular formula is C22H20N2O6. The van der Waals surface area contributed by atoms with Crippen LogP contribution in [0.15, 0.2) is 48.5 Å². The van der Waals surface area contributed by atoms with Gasteiger partial charge in [0.1, 0.15) is 11.5 Å². The number of benzene rings is 2. The molecule has 8 nitrogen and oxygen atoms in total. The van der Waals surface area contributed by atoms with Crippen LogP contribution in [0.1, 0.15) is 34.8 Å². The van der Waals surface area contributed by atoms with Gasteiger partial charge < -0.3 is 19.7 Å². The van der Waals surface area contributed by atoms with Crippen LogP contribution in [-0.2, 0) is 0 Å². The molecule has 0 atom stereocenters. The summed E-state index contributed by atoms with van der Waals surface area (Å²) >= 11 is 0. The van der Waals surface area contributed by atoms with Gasteiger partial charge in [-0.15, -0.1) is 0 Å². The molecule has 154 valence electrons. The molecule has 0 unspecified atom stereocenters. The Balaban J connectivity index is 2.20. The fourth-order valence-corrected chi connectivity index (χ4v) is 2.89. The first-order chi connectivity index (χ1) is 14.4. The van der Waals surface area contributed by atoms with Crippen LogP contribution >= 0.6 is 0 Å². The zero-order chi connectivity index (χ0) is 21.7. The summed E-state index contributed by atoms with van der Waals surface area (Å²) in [5, 5.41) is 18.9. The van der Waals surface area contributed by atoms with Crippen LogP contribution in [0.2, 0.25) is 0 Å². The molecule has 2 aromatic carbocycles. The minimum Gasteiger partial charge on any atom is -0.494 e. The van der Waals surface area contributed by atoms with Crippen LogP contribution in [-0.4, -0.2) is 45.3 Å². The number of hydrogen-bond donors (Lipinski definition) is 2. The highest BCUT2D eigenvalue weighted by molar-refractivity contribution is 6.00. The first-order valence-corrected chi connectivity index (χ1v) is 9.29. The lowest BCUT2D eigenvalue weighted by atomic mass is 10.0. The van der Waals surface area contributed by atoms with E-state index in [0.717, 1.165) is 0 Å². The van der Waals surface area contributed by atoms with Gasteiger partial charge in [0.25, 0.3) is 0 Å². The summed E-state index contributed by atoms with van der Waals surface area (Å²) in [6.07, 6.45) is 0. The Labute approximate surface area is 172 Å². The van der Waals surface area contributed by atoms with Gasteiger partial charge in [0.2, 0.25) is 0 Å². The second-order valence-electron chi connectivity index (χ2n) is 6.14. The third-order valence-electron chi connectivity index (χ3n) is 4.18. The maximum atomic E-state index is 11.6. The molecule has 0 aliphatic rings. The van der Waals surface area contributed by atoms with E-state index in [0.29, 0.717) is 35.8 Å². The van der Waals surface area contributed by atoms with E-state index in [2.05, 4.69) is 9.97 Å². The molecule has 2 N–H and O–H groups in total. The van der Waals surface area contributed by atoms with Gasteiger partial charge >= 0.3 is 11.9 Å². The van der Waals surface area contributed by atoms with Crippen molar-refractivity contribution in [3.8, 4) is 34.0 Å². The average molecular weight is 408 g/mol. The quantitative estimate of drug-likeness (QED) is 0.574. The number of carbonyl (C=O) groups is 2. The van der Waals surface area contributed by atoms with Crippen molar-refractivity contribution in [3.05, 3.63) is 59.9 Å². The number of ether oxygens (including phenoxy) is 2. The van der Waals surface area contributed by atoms with Crippen molar-refractivity contribution in [2.75, 3.05) is 13.2 Å². The molecule has 3 rings (SSSR count). The fraction of sp³-hybridized carbons (Fsp3) is 0.182. The van der Waals surface area contributed by atoms with Crippen molar-refractivity contribution in [1.29, 1.82) is 0 Å². The Hall–Kier alpha value is -3.94. The van der Waals surface area contributed by atoms with Crippen molar-refractivity contribution in [2.24, 2.45) is 0 Å². The normalized spacial score (nSPS) is 10.5. The standard InChI is InChI=1S/C22H20N2O6/c1-3-29-15-9-5-13(6-10-15)17-18(14-7-11-16(12-8-14)30-4-2)24-20(22(27)28)19(23-17)21(25)26/h5-12H,3-4H2,1-2H3,(H,25,26)(H,27,28). The van der Waals surface area contributed by atoms with Gasteiger partial charge in [-0.05, 0) is 62.4 Å². The van der Waals surface area contributed by atoms with E-state index in [4.69, 9.17) is 9.47 Å². The second-order valence-corrected chi connectivity index (χ2v) is 6.14. The summed E-state index contributed by atoms with van der Waals surface area (Å²) in [7, 11) is 0. The Morgan fingerprint density at radius 2 is 1.03 bits per heavy atom. The number of aromatic carboxylic acids is 2. The highest BCUT2D eigenvalue weighted by Gasteiger charge is 2.24. The minimum atomic E-state index is -1.47. The average Bonchev–Trinajstić information content (AvgIpc) is 2.74. The Bertz CT molecular complexity index is 976. The maximum Gasteiger partial charge on any atom is 0.357 e. The molecule has 0 saturated heterocycles. The molecule has 0 radical (unpaired) electrons. The molecule has 0 fully saturated rings. The van der Waals surface area contributed by atoms with Gasteiger partial charge in [0, 0.05) is 11.1 Å². The number of nitrogens with zero attached hydrogens (tertiary/aromatic N) is 2. The monoisotopic (exact) mass is 408 g/mol. The molecule has 8 heteroatoms. The van der Waals surface area contributed by atoms with Gasteiger partial charge in [-0.25, -0.2) is 19.6 Å². The lowest BCUT2D eigenvalue weighted by Crippen LogP contribution is -2.15. The van der Waals surface area contributed by atoms with Gasteiger partial charge in [-0.1, -0.05) is 0 Å². The molecule has 0 bridgehead atoms. The van der Waals surface area contributed by atoms with Crippen molar-refractivity contribution in [2.45, 2.75) is 13.8 Å². The molecule has 0 spiro atoms. The number of rotatable bonds is 8. The highest BCUT2D eigenvalue weighted by Crippen LogP contribution is 2.32. The van der Waals surface area contributed by atoms with E-state index in [1.165, 1.54) is 0 Å². The van der Waals surface area contributed by atoms with Crippen LogP contribution in [0.25, 0.3) is 22.5 Å². The summed E-state index contributed by atoms with van der Waals surface area (Å²) in [6, 6.07) is 13.8. The number of aromatic nitrogens is 2. The third kappa shape index (κ3) is 4.38. The number of carboxylic acids is 2. The summed E-state index contributed by atoms with van der Waals surface area (Å²) in [6.45, 7) is 4.75. The van der Waals surface area contributed by atoms with Gasteiger partial charge in [0.15, 0.2) is 11.4 Å². The van der Waals surface area contributed by atoms with Crippen molar-refractivity contribution in [1.82, 2.24) is 9.97 Å². The van der Waals surface area contributed by atoms with E-state index in [9.17, 15) is 19.8 Å². The van der Waals surface area contributed by atoms with Crippen LogP contribution in [0.3, 0.4) is 0 Å². The fourth-order valence-electron chi connectivity index (χ4n) is 2.89. The van der Waals surface area contributed by atoms with Crippen LogP contribution in [0, 0.1) is 0 Å². The molecule has 30 heavy (non-hydrogen) atoms. The molecule has 0 aliphatic carbocycles. The molecule has 3 aromatic rings. The summed E-state index contributed by atoms with van der Waals surface area (Å²) in [5.41, 5.74) is 0.417. The summed E-state index contributed by atoms with van der Waals surface area (Å²) in [4.78, 5) is 31.5. The van der Waals surface area contributed by atoms with E-state index in [1.807, 2.05) is 13.8 Å². The largest absolute Gasteiger partial charge is 0.494 e. The first kappa shape index (κ1) is 20.8. The Morgan fingerprint density at radius 1 is 0.700 bits per heavy atom. The predicted octanol–water partition coefficient (Wildman–Crippen LogP) is 4.00. The number of hydrogen-bond acceptors (Lipinski definition) is 6. The zero-order valence-electron chi connectivity index (χ0n) is 16.5. The summed E-state index contributed by atoms with van der Waals surface area (Å²) in [5.74, 6) is -1.63. The Kier molecular flexibility index (Phi) is 6.26. The van der Waals surface area contributed by atoms with Crippen molar-refractivity contribution >= 4 is 11.9 Å². The van der Waals surface area contributed by atoms with Crippen LogP contribution in [0.4, 0.5) is 0 Å². The lowest BCUT2D eigenvalue weighted by Gasteiger charge is -2.13. The van der Waals surface area contributed by atoms with E-state index in [-0.39, 0.29) is 11.4 Å². The van der Waals surface area contributed by atoms with E-state index in [1.54, 1.807) is 48.5 Å². The van der Waals surface area contributed by atoms with E-state index >= 15 is 0 Å². The molecule has 0 amide bonds. The zero-order valence-corrected chi connectivity index (χ0v) is 16.5. The maximum absolute atomic E-state index is 11.6. The highest BCUT2D eigenvalue weighted by atomic mass is 16.5. The van der Waals surface area contributed by atoms with Gasteiger partial charge in [-0.2, -0.15) is 0 Å². The van der Waals surface area contributed by atoms with E-state index < -0.39 is 23.3 Å². The van der Waals surface area contributed by atoms with Crippen LogP contribution in [0.5, 0.6) is 11.5 Å². The first-order valence-electron chi connectivity index (χ1n) is 9.29. The van der Waals surface area contributed by atoms with Crippen molar-refractivity contribution in [3.63, 3.8) is 0 Å². The molecular weight excluding hydrogens is 388 g/mol. The SMILES string of the molecule is CCOc1ccc(-c2nc(C(=O)O)c(C(=O)O)nc2-c2ccc(OCC)cc2)cc1. The van der Waals surface area contributed by atoms with Gasteiger partial charge in [-0.3, -0.25) is 0 Å². The topological polar surface area (TPSA) is 119 Å². The Morgan fingerprint density at radius 3 is 1.30 bits per heavy atom. The number of carboxylic acid groups (broad SMARTS) is 2. The summed E-state index contributed by atoms with van der Waals surface area (Å²) < 4.78 is 10.9. The second kappa shape index (κ2) is 9.04. The molecule has 1 aromatic heterocycles. The molecule has 0 saturated carbocycles. The molecule has 0 aliphatic heterocycles. The smallest absolute Gasteiger partial charge is 0.357 e.